The van der Waals surface area contributed by atoms with Crippen LogP contribution in [0.4, 0.5) is 20.4 Å². The Morgan fingerprint density at radius 1 is 1.19 bits per heavy atom. The van der Waals surface area contributed by atoms with Crippen molar-refractivity contribution in [1.82, 2.24) is 9.97 Å². The van der Waals surface area contributed by atoms with Gasteiger partial charge in [-0.1, -0.05) is 6.07 Å². The molecule has 0 radical (unpaired) electrons. The average molecular weight is 437 g/mol. The highest BCUT2D eigenvalue weighted by molar-refractivity contribution is 6.10. The maximum atomic E-state index is 14.7. The summed E-state index contributed by atoms with van der Waals surface area (Å²) in [6.45, 7) is 1.34. The number of hydrogen-bond acceptors (Lipinski definition) is 6. The molecule has 1 amide bonds. The zero-order valence-electron chi connectivity index (χ0n) is 17.4. The summed E-state index contributed by atoms with van der Waals surface area (Å²) in [7, 11) is 1.45. The van der Waals surface area contributed by atoms with Gasteiger partial charge in [0.15, 0.2) is 0 Å². The number of benzene rings is 1. The summed E-state index contributed by atoms with van der Waals surface area (Å²) < 4.78 is 34.5. The molecule has 7 nitrogen and oxygen atoms in total. The summed E-state index contributed by atoms with van der Waals surface area (Å²) in [5.41, 5.74) is 7.38. The Bertz CT molecular complexity index is 1220. The van der Waals surface area contributed by atoms with Gasteiger partial charge in [-0.3, -0.25) is 14.7 Å². The smallest absolute Gasteiger partial charge is 0.260 e. The Kier molecular flexibility index (Phi) is 4.97. The zero-order valence-corrected chi connectivity index (χ0v) is 17.4. The molecule has 1 saturated heterocycles. The molecule has 4 heterocycles. The highest BCUT2D eigenvalue weighted by atomic mass is 19.1. The fourth-order valence-corrected chi connectivity index (χ4v) is 4.30. The number of anilines is 2. The second-order valence-electron chi connectivity index (χ2n) is 7.89. The van der Waals surface area contributed by atoms with Crippen molar-refractivity contribution in [3.05, 3.63) is 65.4 Å². The minimum Gasteiger partial charge on any atom is -0.496 e. The first-order valence-electron chi connectivity index (χ1n) is 10.3. The van der Waals surface area contributed by atoms with Gasteiger partial charge >= 0.3 is 0 Å². The van der Waals surface area contributed by atoms with E-state index >= 15 is 0 Å². The third-order valence-electron chi connectivity index (χ3n) is 5.87. The lowest BCUT2D eigenvalue weighted by molar-refractivity contribution is 0.0996. The van der Waals surface area contributed by atoms with Gasteiger partial charge in [0.05, 0.1) is 24.9 Å². The molecule has 5 rings (SSSR count). The third-order valence-corrected chi connectivity index (χ3v) is 5.87. The second-order valence-corrected chi connectivity index (χ2v) is 7.89. The third kappa shape index (κ3) is 3.34. The highest BCUT2D eigenvalue weighted by Gasteiger charge is 2.34. The van der Waals surface area contributed by atoms with Crippen LogP contribution in [0.5, 0.6) is 5.75 Å². The lowest BCUT2D eigenvalue weighted by atomic mass is 10.0. The number of carbonyl (C=O) groups is 1. The second kappa shape index (κ2) is 7.83. The van der Waals surface area contributed by atoms with Crippen LogP contribution in [-0.4, -0.2) is 42.1 Å². The number of ether oxygens (including phenoxy) is 1. The molecule has 9 heteroatoms. The molecule has 0 bridgehead atoms. The highest BCUT2D eigenvalue weighted by Crippen LogP contribution is 2.38. The maximum Gasteiger partial charge on any atom is 0.260 e. The summed E-state index contributed by atoms with van der Waals surface area (Å²) in [4.78, 5) is 25.4. The van der Waals surface area contributed by atoms with Gasteiger partial charge < -0.3 is 15.4 Å². The van der Waals surface area contributed by atoms with E-state index in [1.807, 2.05) is 4.90 Å². The van der Waals surface area contributed by atoms with Gasteiger partial charge in [-0.25, -0.2) is 13.8 Å². The Hall–Kier alpha value is -3.59. The largest absolute Gasteiger partial charge is 0.496 e. The van der Waals surface area contributed by atoms with Crippen LogP contribution in [0.3, 0.4) is 0 Å². The Balaban J connectivity index is 1.55. The molecule has 32 heavy (non-hydrogen) atoms. The predicted octanol–water partition coefficient (Wildman–Crippen LogP) is 3.13. The van der Waals surface area contributed by atoms with Crippen molar-refractivity contribution >= 4 is 17.5 Å². The normalized spacial score (nSPS) is 17.8. The van der Waals surface area contributed by atoms with Crippen molar-refractivity contribution in [3.63, 3.8) is 0 Å². The van der Waals surface area contributed by atoms with E-state index in [0.29, 0.717) is 41.5 Å². The SMILES string of the molecule is COc1cccc(F)c1-c1nccc2c1CN(c1cc(F)cc(N3CCC(N)C3)n1)C2=O. The summed E-state index contributed by atoms with van der Waals surface area (Å²) >= 11 is 0. The molecule has 2 aliphatic rings. The molecule has 1 aromatic carbocycles. The number of rotatable bonds is 4. The molecule has 1 unspecified atom stereocenters. The van der Waals surface area contributed by atoms with Gasteiger partial charge in [0.25, 0.3) is 5.91 Å². The van der Waals surface area contributed by atoms with Crippen molar-refractivity contribution in [1.29, 1.82) is 0 Å². The van der Waals surface area contributed by atoms with E-state index in [4.69, 9.17) is 10.5 Å². The minimum atomic E-state index is -0.507. The van der Waals surface area contributed by atoms with Crippen LogP contribution >= 0.6 is 0 Å². The van der Waals surface area contributed by atoms with E-state index in [9.17, 15) is 13.6 Å². The van der Waals surface area contributed by atoms with Gasteiger partial charge in [-0.2, -0.15) is 0 Å². The Labute approximate surface area is 183 Å². The van der Waals surface area contributed by atoms with E-state index in [-0.39, 0.29) is 29.9 Å². The molecule has 0 aliphatic carbocycles. The first-order chi connectivity index (χ1) is 15.5. The van der Waals surface area contributed by atoms with Crippen molar-refractivity contribution in [2.75, 3.05) is 30.0 Å². The molecular weight excluding hydrogens is 416 g/mol. The summed E-state index contributed by atoms with van der Waals surface area (Å²) in [5, 5.41) is 0. The van der Waals surface area contributed by atoms with E-state index < -0.39 is 11.6 Å². The number of fused-ring (bicyclic) bond motifs is 1. The molecule has 2 aromatic heterocycles. The van der Waals surface area contributed by atoms with Gasteiger partial charge in [0.1, 0.15) is 29.0 Å². The van der Waals surface area contributed by atoms with E-state index in [0.717, 1.165) is 6.42 Å². The van der Waals surface area contributed by atoms with Crippen molar-refractivity contribution < 1.29 is 18.3 Å². The number of amides is 1. The molecule has 0 spiro atoms. The van der Waals surface area contributed by atoms with Crippen molar-refractivity contribution in [2.45, 2.75) is 19.0 Å². The Morgan fingerprint density at radius 3 is 2.75 bits per heavy atom. The number of carbonyl (C=O) groups excluding carboxylic acids is 1. The number of pyridine rings is 2. The molecule has 3 aromatic rings. The van der Waals surface area contributed by atoms with Crippen LogP contribution in [0.25, 0.3) is 11.3 Å². The van der Waals surface area contributed by atoms with Crippen LogP contribution in [-0.2, 0) is 6.54 Å². The molecule has 2 N–H and O–H groups in total. The minimum absolute atomic E-state index is 0.00516. The Morgan fingerprint density at radius 2 is 2.00 bits per heavy atom. The summed E-state index contributed by atoms with van der Waals surface area (Å²) in [6, 6.07) is 8.64. The standard InChI is InChI=1S/C23H21F2N5O2/c1-32-18-4-2-3-17(25)21(18)22-16-12-30(23(31)15(16)5-7-27-22)20-10-13(24)9-19(28-20)29-8-6-14(26)11-29/h2-5,7,9-10,14H,6,8,11-12,26H2,1H3. The van der Waals surface area contributed by atoms with E-state index in [1.165, 1.54) is 36.4 Å². The average Bonchev–Trinajstić information content (AvgIpc) is 3.37. The van der Waals surface area contributed by atoms with Gasteiger partial charge in [0, 0.05) is 48.6 Å². The predicted molar refractivity (Wildman–Crippen MR) is 116 cm³/mol. The molecule has 1 atom stereocenters. The molecule has 2 aliphatic heterocycles. The number of halogens is 2. The lowest BCUT2D eigenvalue weighted by Gasteiger charge is -2.21. The van der Waals surface area contributed by atoms with Crippen LogP contribution < -0.4 is 20.3 Å². The lowest BCUT2D eigenvalue weighted by Crippen LogP contribution is -2.28. The number of nitrogens with two attached hydrogens (primary N) is 1. The number of nitrogens with zero attached hydrogens (tertiary/aromatic N) is 4. The first kappa shape index (κ1) is 20.3. The van der Waals surface area contributed by atoms with Gasteiger partial charge in [0.2, 0.25) is 0 Å². The number of aromatic nitrogens is 2. The molecule has 0 saturated carbocycles. The van der Waals surface area contributed by atoms with E-state index in [1.54, 1.807) is 18.2 Å². The quantitative estimate of drug-likeness (QED) is 0.675. The topological polar surface area (TPSA) is 84.6 Å². The monoisotopic (exact) mass is 437 g/mol. The maximum absolute atomic E-state index is 14.7. The van der Waals surface area contributed by atoms with Gasteiger partial charge in [-0.15, -0.1) is 0 Å². The fourth-order valence-electron chi connectivity index (χ4n) is 4.30. The summed E-state index contributed by atoms with van der Waals surface area (Å²) in [5.74, 6) is -0.413. The van der Waals surface area contributed by atoms with Crippen molar-refractivity contribution in [2.24, 2.45) is 5.73 Å². The summed E-state index contributed by atoms with van der Waals surface area (Å²) in [6.07, 6.45) is 2.25. The van der Waals surface area contributed by atoms with Crippen LogP contribution in [0.1, 0.15) is 22.3 Å². The molecule has 164 valence electrons. The molecule has 1 fully saturated rings. The van der Waals surface area contributed by atoms with Crippen LogP contribution in [0.2, 0.25) is 0 Å². The first-order valence-corrected chi connectivity index (χ1v) is 10.3. The van der Waals surface area contributed by atoms with Crippen molar-refractivity contribution in [3.8, 4) is 17.0 Å². The molecular formula is C23H21F2N5O2. The van der Waals surface area contributed by atoms with Crippen LogP contribution in [0, 0.1) is 11.6 Å². The number of methoxy groups -OCH3 is 1. The van der Waals surface area contributed by atoms with Crippen LogP contribution in [0.15, 0.2) is 42.6 Å². The number of hydrogen-bond donors (Lipinski definition) is 1. The zero-order chi connectivity index (χ0) is 22.4. The van der Waals surface area contributed by atoms with E-state index in [2.05, 4.69) is 9.97 Å². The fraction of sp³-hybridized carbons (Fsp3) is 0.261. The van der Waals surface area contributed by atoms with Gasteiger partial charge in [-0.05, 0) is 24.6 Å².